The van der Waals surface area contributed by atoms with Crippen molar-refractivity contribution in [3.63, 3.8) is 0 Å². The number of carbonyl (C=O) groups is 3. The summed E-state index contributed by atoms with van der Waals surface area (Å²) in [4.78, 5) is 48.7. The highest BCUT2D eigenvalue weighted by Crippen LogP contribution is 2.41. The number of rotatable bonds is 12. The number of carbonyl (C=O) groups excluding carboxylic acids is 3. The van der Waals surface area contributed by atoms with Crippen LogP contribution in [0, 0.1) is 5.92 Å². The predicted octanol–water partition coefficient (Wildman–Crippen LogP) is 6.92. The highest BCUT2D eigenvalue weighted by molar-refractivity contribution is 6.01. The number of benzene rings is 3. The topological polar surface area (TPSA) is 122 Å². The van der Waals surface area contributed by atoms with Gasteiger partial charge in [0.05, 0.1) is 28.9 Å². The summed E-state index contributed by atoms with van der Waals surface area (Å²) >= 11 is 0. The number of phenols is 1. The average Bonchev–Trinajstić information content (AvgIpc) is 3.28. The number of hydrogen-bond donors (Lipinski definition) is 2. The van der Waals surface area contributed by atoms with Crippen molar-refractivity contribution < 1.29 is 19.5 Å². The number of nitrogens with zero attached hydrogens (tertiary/aromatic N) is 6. The summed E-state index contributed by atoms with van der Waals surface area (Å²) < 4.78 is 0. The van der Waals surface area contributed by atoms with E-state index in [9.17, 15) is 14.7 Å². The molecule has 11 nitrogen and oxygen atoms in total. The molecule has 0 spiro atoms. The molecule has 1 aromatic heterocycles. The molecular formula is C48H59N7O4. The summed E-state index contributed by atoms with van der Waals surface area (Å²) in [5.74, 6) is 0.568. The van der Waals surface area contributed by atoms with Gasteiger partial charge in [0.2, 0.25) is 17.7 Å². The molecule has 11 heteroatoms. The lowest BCUT2D eigenvalue weighted by Crippen LogP contribution is -2.57. The summed E-state index contributed by atoms with van der Waals surface area (Å²) in [6, 6.07) is 28.3. The Balaban J connectivity index is 0.845. The van der Waals surface area contributed by atoms with Crippen LogP contribution < -0.4 is 15.1 Å². The maximum absolute atomic E-state index is 15.1. The third-order valence-corrected chi connectivity index (χ3v) is 13.6. The molecule has 0 radical (unpaired) electrons. The van der Waals surface area contributed by atoms with Crippen LogP contribution in [-0.4, -0.2) is 101 Å². The number of likely N-dealkylation sites (tertiary alicyclic amines) is 1. The molecule has 0 bridgehead atoms. The number of aromatic hydroxyl groups is 1. The zero-order valence-electron chi connectivity index (χ0n) is 34.5. The van der Waals surface area contributed by atoms with Gasteiger partial charge in [-0.25, -0.2) is 0 Å². The summed E-state index contributed by atoms with van der Waals surface area (Å²) in [6.45, 7) is 9.65. The zero-order valence-corrected chi connectivity index (χ0v) is 34.5. The maximum atomic E-state index is 15.1. The van der Waals surface area contributed by atoms with E-state index in [4.69, 9.17) is 0 Å². The molecule has 310 valence electrons. The molecule has 2 N–H and O–H groups in total. The lowest BCUT2D eigenvalue weighted by molar-refractivity contribution is -0.142. The van der Waals surface area contributed by atoms with E-state index in [1.165, 1.54) is 24.9 Å². The van der Waals surface area contributed by atoms with E-state index in [0.29, 0.717) is 30.0 Å². The minimum Gasteiger partial charge on any atom is -0.507 e. The molecule has 4 aromatic rings. The Morgan fingerprint density at radius 1 is 0.831 bits per heavy atom. The molecule has 3 aromatic carbocycles. The second kappa shape index (κ2) is 18.3. The largest absolute Gasteiger partial charge is 0.507 e. The van der Waals surface area contributed by atoms with Gasteiger partial charge in [-0.2, -0.15) is 10.2 Å². The Morgan fingerprint density at radius 3 is 2.22 bits per heavy atom. The van der Waals surface area contributed by atoms with Gasteiger partial charge >= 0.3 is 0 Å². The van der Waals surface area contributed by atoms with Crippen molar-refractivity contribution in [3.05, 3.63) is 102 Å². The van der Waals surface area contributed by atoms with Crippen molar-refractivity contribution in [2.24, 2.45) is 5.92 Å². The molecule has 59 heavy (non-hydrogen) atoms. The first-order valence-corrected chi connectivity index (χ1v) is 21.9. The maximum Gasteiger partial charge on any atom is 0.234 e. The lowest BCUT2D eigenvalue weighted by Gasteiger charge is -2.47. The van der Waals surface area contributed by atoms with Crippen LogP contribution in [0.3, 0.4) is 0 Å². The predicted molar refractivity (Wildman–Crippen MR) is 231 cm³/mol. The summed E-state index contributed by atoms with van der Waals surface area (Å²) in [5, 5.41) is 21.6. The Hall–Kier alpha value is -5.29. The van der Waals surface area contributed by atoms with Crippen molar-refractivity contribution >= 4 is 29.1 Å². The van der Waals surface area contributed by atoms with Crippen LogP contribution in [0.25, 0.3) is 11.3 Å². The Kier molecular flexibility index (Phi) is 12.6. The van der Waals surface area contributed by atoms with Crippen LogP contribution in [0.15, 0.2) is 91.1 Å². The molecule has 0 saturated carbocycles. The second-order valence-corrected chi connectivity index (χ2v) is 17.1. The summed E-state index contributed by atoms with van der Waals surface area (Å²) in [7, 11) is 0. The highest BCUT2D eigenvalue weighted by atomic mass is 16.3. The van der Waals surface area contributed by atoms with Crippen molar-refractivity contribution in [3.8, 4) is 17.0 Å². The molecule has 8 rings (SSSR count). The van der Waals surface area contributed by atoms with Crippen LogP contribution in [0.4, 0.5) is 11.4 Å². The summed E-state index contributed by atoms with van der Waals surface area (Å²) in [5.41, 5.74) is 4.96. The minimum absolute atomic E-state index is 0.176. The van der Waals surface area contributed by atoms with Gasteiger partial charge in [-0.05, 0) is 112 Å². The number of piperidine rings is 4. The van der Waals surface area contributed by atoms with Gasteiger partial charge in [0, 0.05) is 69.5 Å². The van der Waals surface area contributed by atoms with Gasteiger partial charge in [0.25, 0.3) is 0 Å². The van der Waals surface area contributed by atoms with Gasteiger partial charge in [-0.15, -0.1) is 0 Å². The zero-order chi connectivity index (χ0) is 40.8. The van der Waals surface area contributed by atoms with Gasteiger partial charge in [0.15, 0.2) is 0 Å². The minimum atomic E-state index is -0.588. The molecule has 1 atom stereocenters. The van der Waals surface area contributed by atoms with E-state index in [0.717, 1.165) is 101 Å². The Morgan fingerprint density at radius 2 is 1.53 bits per heavy atom. The number of anilines is 2. The number of phenolic OH excluding ortho intramolecular Hbond substituents is 1. The first-order chi connectivity index (χ1) is 28.8. The standard InChI is InChI=1S/C48H59N7O4/c1-2-25-55(47(59)48(37-8-4-3-5-9-37)23-31-54(32-24-48)40-33-43(51-49-34-40)42-10-6-7-11-44(42)56)39-21-27-52(28-22-39)26-18-35-19-29-53(30-20-35)38-14-12-36(13-15-38)41-16-17-45(57)50-46(41)58/h3-15,33-35,39,41,56H,2,16-32H2,1H3,(H,50,57,58)/t41-/m1/s1. The van der Waals surface area contributed by atoms with E-state index in [2.05, 4.69) is 90.6 Å². The fraction of sp³-hybridized carbons (Fsp3) is 0.479. The smallest absolute Gasteiger partial charge is 0.234 e. The summed E-state index contributed by atoms with van der Waals surface area (Å²) in [6.07, 6.45) is 10.7. The molecule has 4 aliphatic heterocycles. The van der Waals surface area contributed by atoms with Crippen LogP contribution in [0.1, 0.15) is 88.2 Å². The molecule has 4 saturated heterocycles. The SMILES string of the molecule is CCCN(C(=O)C1(c2ccccc2)CCN(c2cnnc(-c3ccccc3O)c2)CC1)C1CCN(CCC2CCN(c3ccc([C@H]4CCC(=O)NC4=O)cc3)CC2)CC1. The number of para-hydroxylation sites is 1. The molecular weight excluding hydrogens is 739 g/mol. The number of nitrogens with one attached hydrogen (secondary N) is 1. The van der Waals surface area contributed by atoms with E-state index in [1.54, 1.807) is 18.3 Å². The fourth-order valence-corrected chi connectivity index (χ4v) is 10.1. The lowest BCUT2D eigenvalue weighted by atomic mass is 9.71. The van der Waals surface area contributed by atoms with Crippen LogP contribution in [-0.2, 0) is 19.8 Å². The number of aromatic nitrogens is 2. The van der Waals surface area contributed by atoms with Crippen molar-refractivity contribution in [1.82, 2.24) is 25.3 Å². The van der Waals surface area contributed by atoms with Crippen LogP contribution >= 0.6 is 0 Å². The molecule has 5 heterocycles. The number of imide groups is 1. The number of amides is 3. The molecule has 4 fully saturated rings. The van der Waals surface area contributed by atoms with E-state index < -0.39 is 5.41 Å². The number of hydrogen-bond acceptors (Lipinski definition) is 9. The van der Waals surface area contributed by atoms with Gasteiger partial charge < -0.3 is 24.7 Å². The Bertz CT molecular complexity index is 2050. The van der Waals surface area contributed by atoms with E-state index >= 15 is 4.79 Å². The van der Waals surface area contributed by atoms with Crippen LogP contribution in [0.2, 0.25) is 0 Å². The second-order valence-electron chi connectivity index (χ2n) is 17.1. The van der Waals surface area contributed by atoms with E-state index in [1.807, 2.05) is 24.3 Å². The Labute approximate surface area is 348 Å². The quantitative estimate of drug-likeness (QED) is 0.147. The van der Waals surface area contributed by atoms with Gasteiger partial charge in [-0.1, -0.05) is 61.5 Å². The monoisotopic (exact) mass is 797 g/mol. The molecule has 3 amide bonds. The van der Waals surface area contributed by atoms with Crippen molar-refractivity contribution in [1.29, 1.82) is 0 Å². The van der Waals surface area contributed by atoms with Gasteiger partial charge in [0.1, 0.15) is 5.75 Å². The van der Waals surface area contributed by atoms with Crippen molar-refractivity contribution in [2.45, 2.75) is 88.5 Å². The fourth-order valence-electron chi connectivity index (χ4n) is 10.1. The first-order valence-electron chi connectivity index (χ1n) is 21.9. The molecule has 0 aliphatic carbocycles. The first kappa shape index (κ1) is 40.5. The van der Waals surface area contributed by atoms with Crippen molar-refractivity contribution in [2.75, 3.05) is 62.2 Å². The molecule has 0 unspecified atom stereocenters. The third kappa shape index (κ3) is 9.00. The van der Waals surface area contributed by atoms with E-state index in [-0.39, 0.29) is 35.4 Å². The normalized spacial score (nSPS) is 20.7. The van der Waals surface area contributed by atoms with Crippen LogP contribution in [0.5, 0.6) is 5.75 Å². The molecule has 4 aliphatic rings. The average molecular weight is 798 g/mol. The van der Waals surface area contributed by atoms with Gasteiger partial charge in [-0.3, -0.25) is 19.7 Å². The highest BCUT2D eigenvalue weighted by Gasteiger charge is 2.46. The third-order valence-electron chi connectivity index (χ3n) is 13.6.